The highest BCUT2D eigenvalue weighted by Crippen LogP contribution is 2.33. The molecule has 1 fully saturated rings. The Balaban J connectivity index is 0.00000109. The zero-order valence-corrected chi connectivity index (χ0v) is 16.4. The highest BCUT2D eigenvalue weighted by molar-refractivity contribution is 7.13. The van der Waals surface area contributed by atoms with E-state index in [0.717, 1.165) is 4.88 Å². The summed E-state index contributed by atoms with van der Waals surface area (Å²) in [6.45, 7) is 3.43. The van der Waals surface area contributed by atoms with Gasteiger partial charge in [0, 0.05) is 5.69 Å². The number of para-hydroxylation sites is 1. The smallest absolute Gasteiger partial charge is 0.282 e. The molecule has 6 nitrogen and oxygen atoms in total. The summed E-state index contributed by atoms with van der Waals surface area (Å²) in [5, 5.41) is 11.6. The lowest BCUT2D eigenvalue weighted by molar-refractivity contribution is -0.0263. The van der Waals surface area contributed by atoms with Crippen molar-refractivity contribution in [3.63, 3.8) is 0 Å². The average molecular weight is 405 g/mol. The maximum atomic E-state index is 13.1. The molecule has 0 aliphatic carbocycles. The summed E-state index contributed by atoms with van der Waals surface area (Å²) in [6.07, 6.45) is 0. The lowest BCUT2D eigenvalue weighted by Gasteiger charge is -2.41. The number of thiophene rings is 1. The van der Waals surface area contributed by atoms with E-state index in [4.69, 9.17) is 0 Å². The number of hydrogen-bond donors (Lipinski definition) is 2. The van der Waals surface area contributed by atoms with E-state index < -0.39 is 5.92 Å². The van der Waals surface area contributed by atoms with Crippen LogP contribution < -0.4 is 10.2 Å². The zero-order valence-electron chi connectivity index (χ0n) is 15.6. The number of amides is 1. The average Bonchev–Trinajstić information content (AvgIpc) is 3.37. The van der Waals surface area contributed by atoms with Crippen molar-refractivity contribution in [2.24, 2.45) is 0 Å². The fourth-order valence-corrected chi connectivity index (χ4v) is 3.43. The second-order valence-electron chi connectivity index (χ2n) is 5.99. The van der Waals surface area contributed by atoms with Crippen molar-refractivity contribution in [1.29, 1.82) is 0 Å². The first-order valence-electron chi connectivity index (χ1n) is 8.97. The van der Waals surface area contributed by atoms with E-state index in [0.29, 0.717) is 22.9 Å². The Bertz CT molecular complexity index is 918. The minimum Gasteiger partial charge on any atom is -0.359 e. The number of benzene rings is 1. The molecule has 2 N–H and O–H groups in total. The van der Waals surface area contributed by atoms with Crippen LogP contribution in [0, 0.1) is 0 Å². The standard InChI is InChI=1S/C17H15F2N5OS.C2H6/c18-17(19)9-24(10-17)12-5-2-1-4-11(12)16(25)20-8-14-21-15(23-22-14)13-6-3-7-26-13;1-2/h1-7H,8-10H2,(H,20,25)(H,21,22,23);1-2H3. The fourth-order valence-electron chi connectivity index (χ4n) is 2.77. The summed E-state index contributed by atoms with van der Waals surface area (Å²) >= 11 is 1.53. The van der Waals surface area contributed by atoms with Crippen LogP contribution >= 0.6 is 11.3 Å². The van der Waals surface area contributed by atoms with Crippen LogP contribution in [0.15, 0.2) is 41.8 Å². The largest absolute Gasteiger partial charge is 0.359 e. The summed E-state index contributed by atoms with van der Waals surface area (Å²) in [7, 11) is 0. The Hall–Kier alpha value is -2.81. The number of carbonyl (C=O) groups excluding carboxylic acids is 1. The van der Waals surface area contributed by atoms with E-state index >= 15 is 0 Å². The Kier molecular flexibility index (Phi) is 6.03. The van der Waals surface area contributed by atoms with Crippen molar-refractivity contribution in [1.82, 2.24) is 20.5 Å². The van der Waals surface area contributed by atoms with Crippen molar-refractivity contribution in [2.45, 2.75) is 26.3 Å². The molecule has 28 heavy (non-hydrogen) atoms. The molecule has 3 heterocycles. The van der Waals surface area contributed by atoms with Crippen LogP contribution in [-0.2, 0) is 6.54 Å². The highest BCUT2D eigenvalue weighted by Gasteiger charge is 2.44. The van der Waals surface area contributed by atoms with Gasteiger partial charge in [-0.15, -0.1) is 11.3 Å². The number of H-pyrrole nitrogens is 1. The molecule has 0 bridgehead atoms. The van der Waals surface area contributed by atoms with Crippen LogP contribution in [0.5, 0.6) is 0 Å². The normalized spacial score (nSPS) is 14.6. The van der Waals surface area contributed by atoms with Crippen LogP contribution in [0.4, 0.5) is 14.5 Å². The number of hydrogen-bond acceptors (Lipinski definition) is 5. The monoisotopic (exact) mass is 405 g/mol. The van der Waals surface area contributed by atoms with Crippen molar-refractivity contribution < 1.29 is 13.6 Å². The second kappa shape index (κ2) is 8.47. The summed E-state index contributed by atoms with van der Waals surface area (Å²) in [5.41, 5.74) is 0.869. The predicted octanol–water partition coefficient (Wildman–Crippen LogP) is 3.94. The quantitative estimate of drug-likeness (QED) is 0.674. The maximum absolute atomic E-state index is 13.1. The van der Waals surface area contributed by atoms with Crippen LogP contribution in [0.25, 0.3) is 10.7 Å². The molecular weight excluding hydrogens is 384 g/mol. The van der Waals surface area contributed by atoms with Gasteiger partial charge in [0.1, 0.15) is 5.82 Å². The van der Waals surface area contributed by atoms with Crippen molar-refractivity contribution in [3.8, 4) is 10.7 Å². The maximum Gasteiger partial charge on any atom is 0.282 e. The molecule has 1 aliphatic heterocycles. The van der Waals surface area contributed by atoms with Gasteiger partial charge in [-0.3, -0.25) is 9.89 Å². The zero-order chi connectivity index (χ0) is 20.1. The summed E-state index contributed by atoms with van der Waals surface area (Å²) < 4.78 is 26.3. The number of alkyl halides is 2. The van der Waals surface area contributed by atoms with Crippen molar-refractivity contribution in [2.75, 3.05) is 18.0 Å². The Morgan fingerprint density at radius 1 is 1.25 bits per heavy atom. The van der Waals surface area contributed by atoms with Crippen LogP contribution in [-0.4, -0.2) is 40.1 Å². The molecule has 1 aliphatic rings. The minimum absolute atomic E-state index is 0.168. The van der Waals surface area contributed by atoms with Gasteiger partial charge in [-0.2, -0.15) is 5.10 Å². The van der Waals surface area contributed by atoms with E-state index in [1.807, 2.05) is 31.4 Å². The van der Waals surface area contributed by atoms with E-state index in [9.17, 15) is 13.6 Å². The Labute approximate surface area is 165 Å². The molecule has 9 heteroatoms. The molecule has 3 aromatic rings. The molecule has 1 amide bonds. The molecule has 0 saturated carbocycles. The SMILES string of the molecule is CC.O=C(NCc1nc(-c2cccs2)n[nH]1)c1ccccc1N1CC(F)(F)C1. The molecule has 4 rings (SSSR count). The lowest BCUT2D eigenvalue weighted by atomic mass is 10.1. The van der Waals surface area contributed by atoms with Gasteiger partial charge in [0.2, 0.25) is 0 Å². The minimum atomic E-state index is -2.69. The van der Waals surface area contributed by atoms with E-state index in [1.54, 1.807) is 24.3 Å². The third-order valence-corrected chi connectivity index (χ3v) is 4.89. The van der Waals surface area contributed by atoms with Crippen LogP contribution in [0.3, 0.4) is 0 Å². The number of nitrogens with zero attached hydrogens (tertiary/aromatic N) is 3. The van der Waals surface area contributed by atoms with Gasteiger partial charge >= 0.3 is 0 Å². The van der Waals surface area contributed by atoms with Gasteiger partial charge < -0.3 is 10.2 Å². The van der Waals surface area contributed by atoms with Gasteiger partial charge in [-0.05, 0) is 23.6 Å². The molecule has 0 atom stereocenters. The van der Waals surface area contributed by atoms with Crippen molar-refractivity contribution in [3.05, 3.63) is 53.2 Å². The number of halogens is 2. The topological polar surface area (TPSA) is 73.9 Å². The molecule has 0 unspecified atom stereocenters. The van der Waals surface area contributed by atoms with Gasteiger partial charge in [0.25, 0.3) is 11.8 Å². The molecule has 148 valence electrons. The lowest BCUT2D eigenvalue weighted by Crippen LogP contribution is -2.56. The molecular formula is C19H21F2N5OS. The summed E-state index contributed by atoms with van der Waals surface area (Å²) in [6, 6.07) is 10.6. The van der Waals surface area contributed by atoms with E-state index in [2.05, 4.69) is 20.5 Å². The third-order valence-electron chi connectivity index (χ3n) is 4.02. The molecule has 1 aromatic carbocycles. The number of aromatic nitrogens is 3. The van der Waals surface area contributed by atoms with Crippen LogP contribution in [0.2, 0.25) is 0 Å². The Morgan fingerprint density at radius 2 is 2.00 bits per heavy atom. The molecule has 1 saturated heterocycles. The molecule has 0 spiro atoms. The third kappa shape index (κ3) is 4.36. The highest BCUT2D eigenvalue weighted by atomic mass is 32.1. The first kappa shape index (κ1) is 19.9. The van der Waals surface area contributed by atoms with Gasteiger partial charge in [-0.25, -0.2) is 13.8 Å². The number of rotatable bonds is 5. The Morgan fingerprint density at radius 3 is 2.68 bits per heavy atom. The number of carbonyl (C=O) groups is 1. The second-order valence-corrected chi connectivity index (χ2v) is 6.94. The first-order chi connectivity index (χ1) is 13.5. The molecule has 2 aromatic heterocycles. The summed E-state index contributed by atoms with van der Waals surface area (Å²) in [5.74, 6) is -1.94. The first-order valence-corrected chi connectivity index (χ1v) is 9.85. The number of nitrogens with one attached hydrogen (secondary N) is 2. The predicted molar refractivity (Wildman–Crippen MR) is 106 cm³/mol. The molecule has 0 radical (unpaired) electrons. The van der Waals surface area contributed by atoms with Gasteiger partial charge in [0.05, 0.1) is 30.1 Å². The van der Waals surface area contributed by atoms with Gasteiger partial charge in [-0.1, -0.05) is 32.0 Å². The number of aromatic amines is 1. The van der Waals surface area contributed by atoms with Crippen molar-refractivity contribution >= 4 is 22.9 Å². The summed E-state index contributed by atoms with van der Waals surface area (Å²) in [4.78, 5) is 19.3. The van der Waals surface area contributed by atoms with Crippen LogP contribution in [0.1, 0.15) is 30.0 Å². The van der Waals surface area contributed by atoms with E-state index in [-0.39, 0.29) is 25.5 Å². The number of anilines is 1. The van der Waals surface area contributed by atoms with Gasteiger partial charge in [0.15, 0.2) is 5.82 Å². The fraction of sp³-hybridized carbons (Fsp3) is 0.316. The van der Waals surface area contributed by atoms with E-state index in [1.165, 1.54) is 16.2 Å².